The van der Waals surface area contributed by atoms with Crippen LogP contribution in [0.15, 0.2) is 41.3 Å². The van der Waals surface area contributed by atoms with Gasteiger partial charge in [-0.05, 0) is 25.0 Å². The Balaban J connectivity index is 2.13. The minimum absolute atomic E-state index is 0.260. The molecular weight excluding hydrogens is 266 g/mol. The molecule has 0 aliphatic carbocycles. The molecule has 5 heteroatoms. The molecule has 0 unspecified atom stereocenters. The zero-order chi connectivity index (χ0) is 14.8. The number of fused-ring (bicyclic) bond motifs is 1. The molecule has 0 aliphatic heterocycles. The first-order valence-electron chi connectivity index (χ1n) is 6.78. The number of hydrogen-bond acceptors (Lipinski definition) is 4. The fourth-order valence-corrected chi connectivity index (χ4v) is 2.45. The highest BCUT2D eigenvalue weighted by Crippen LogP contribution is 2.29. The van der Waals surface area contributed by atoms with Crippen LogP contribution in [0.25, 0.3) is 10.9 Å². The van der Waals surface area contributed by atoms with Gasteiger partial charge in [0.1, 0.15) is 6.26 Å². The van der Waals surface area contributed by atoms with Crippen LogP contribution in [0.5, 0.6) is 0 Å². The van der Waals surface area contributed by atoms with Crippen molar-refractivity contribution in [1.29, 1.82) is 0 Å². The highest BCUT2D eigenvalue weighted by Gasteiger charge is 2.16. The number of aromatic nitrogens is 2. The predicted octanol–water partition coefficient (Wildman–Crippen LogP) is 3.35. The van der Waals surface area contributed by atoms with Crippen LogP contribution in [-0.4, -0.2) is 15.9 Å². The Morgan fingerprint density at radius 2 is 2.14 bits per heavy atom. The Bertz CT molecular complexity index is 795. The maximum absolute atomic E-state index is 12.2. The molecule has 3 aromatic rings. The number of rotatable bonds is 3. The molecule has 0 aliphatic rings. The Hall–Kier alpha value is -2.69. The number of oxazole rings is 1. The summed E-state index contributed by atoms with van der Waals surface area (Å²) < 4.78 is 4.86. The minimum Gasteiger partial charge on any atom is -0.451 e. The van der Waals surface area contributed by atoms with Gasteiger partial charge in [-0.2, -0.15) is 0 Å². The first-order chi connectivity index (χ1) is 10.2. The second-order valence-electron chi connectivity index (χ2n) is 4.75. The first-order valence-corrected chi connectivity index (χ1v) is 6.78. The molecule has 0 atom stereocenters. The lowest BCUT2D eigenvalue weighted by Gasteiger charge is -2.14. The van der Waals surface area contributed by atoms with Gasteiger partial charge in [0.05, 0.1) is 11.2 Å². The van der Waals surface area contributed by atoms with Crippen molar-refractivity contribution < 1.29 is 9.21 Å². The molecule has 0 spiro atoms. The normalized spacial score (nSPS) is 10.8. The SMILES string of the molecule is CCc1c(C)nc2ccccc2c1NC(=O)c1cocn1. The molecule has 0 bridgehead atoms. The number of hydrogen-bond donors (Lipinski definition) is 1. The minimum atomic E-state index is -0.283. The summed E-state index contributed by atoms with van der Waals surface area (Å²) in [5, 5.41) is 3.87. The molecule has 2 heterocycles. The second kappa shape index (κ2) is 5.36. The van der Waals surface area contributed by atoms with E-state index in [-0.39, 0.29) is 11.6 Å². The van der Waals surface area contributed by atoms with Crippen molar-refractivity contribution in [3.63, 3.8) is 0 Å². The van der Waals surface area contributed by atoms with E-state index in [1.165, 1.54) is 12.7 Å². The number of amides is 1. The van der Waals surface area contributed by atoms with Crippen LogP contribution in [0.3, 0.4) is 0 Å². The number of para-hydroxylation sites is 1. The van der Waals surface area contributed by atoms with Crippen molar-refractivity contribution in [1.82, 2.24) is 9.97 Å². The van der Waals surface area contributed by atoms with E-state index in [0.717, 1.165) is 34.3 Å². The number of nitrogens with one attached hydrogen (secondary N) is 1. The molecule has 21 heavy (non-hydrogen) atoms. The second-order valence-corrected chi connectivity index (χ2v) is 4.75. The predicted molar refractivity (Wildman–Crippen MR) is 80.3 cm³/mol. The van der Waals surface area contributed by atoms with Crippen molar-refractivity contribution in [3.8, 4) is 0 Å². The topological polar surface area (TPSA) is 68.0 Å². The van der Waals surface area contributed by atoms with E-state index < -0.39 is 0 Å². The lowest BCUT2D eigenvalue weighted by atomic mass is 10.0. The summed E-state index contributed by atoms with van der Waals surface area (Å²) in [6, 6.07) is 7.76. The van der Waals surface area contributed by atoms with Gasteiger partial charge >= 0.3 is 0 Å². The summed E-state index contributed by atoms with van der Waals surface area (Å²) in [6.45, 7) is 4.00. The summed E-state index contributed by atoms with van der Waals surface area (Å²) in [4.78, 5) is 20.7. The summed E-state index contributed by atoms with van der Waals surface area (Å²) in [5.41, 5.74) is 3.88. The third kappa shape index (κ3) is 2.38. The van der Waals surface area contributed by atoms with Gasteiger partial charge in [-0.15, -0.1) is 0 Å². The van der Waals surface area contributed by atoms with E-state index in [1.807, 2.05) is 38.1 Å². The zero-order valence-corrected chi connectivity index (χ0v) is 11.9. The van der Waals surface area contributed by atoms with Crippen molar-refractivity contribution in [2.75, 3.05) is 5.32 Å². The van der Waals surface area contributed by atoms with Crippen LogP contribution in [0.1, 0.15) is 28.7 Å². The van der Waals surface area contributed by atoms with Crippen LogP contribution in [0, 0.1) is 6.92 Å². The monoisotopic (exact) mass is 281 g/mol. The lowest BCUT2D eigenvalue weighted by molar-refractivity contribution is 0.102. The number of carbonyl (C=O) groups is 1. The number of anilines is 1. The number of carbonyl (C=O) groups excluding carboxylic acids is 1. The summed E-state index contributed by atoms with van der Waals surface area (Å²) in [7, 11) is 0. The molecular formula is C16H15N3O2. The summed E-state index contributed by atoms with van der Waals surface area (Å²) >= 11 is 0. The fourth-order valence-electron chi connectivity index (χ4n) is 2.45. The Kier molecular flexibility index (Phi) is 3.39. The lowest BCUT2D eigenvalue weighted by Crippen LogP contribution is -2.15. The van der Waals surface area contributed by atoms with Crippen LogP contribution < -0.4 is 5.32 Å². The molecule has 0 saturated heterocycles. The summed E-state index contributed by atoms with van der Waals surface area (Å²) in [6.07, 6.45) is 3.36. The smallest absolute Gasteiger partial charge is 0.277 e. The number of benzene rings is 1. The fraction of sp³-hybridized carbons (Fsp3) is 0.188. The van der Waals surface area contributed by atoms with Gasteiger partial charge in [0.25, 0.3) is 5.91 Å². The largest absolute Gasteiger partial charge is 0.451 e. The van der Waals surface area contributed by atoms with Crippen molar-refractivity contribution in [2.24, 2.45) is 0 Å². The highest BCUT2D eigenvalue weighted by molar-refractivity contribution is 6.08. The zero-order valence-electron chi connectivity index (χ0n) is 11.9. The Morgan fingerprint density at radius 1 is 1.33 bits per heavy atom. The van der Waals surface area contributed by atoms with Gasteiger partial charge in [-0.1, -0.05) is 25.1 Å². The van der Waals surface area contributed by atoms with Crippen molar-refractivity contribution >= 4 is 22.5 Å². The van der Waals surface area contributed by atoms with Gasteiger partial charge in [-0.25, -0.2) is 4.98 Å². The molecule has 0 fully saturated rings. The molecule has 3 rings (SSSR count). The van der Waals surface area contributed by atoms with E-state index in [2.05, 4.69) is 15.3 Å². The molecule has 106 valence electrons. The highest BCUT2D eigenvalue weighted by atomic mass is 16.3. The molecule has 0 saturated carbocycles. The van der Waals surface area contributed by atoms with Crippen molar-refractivity contribution in [3.05, 3.63) is 53.9 Å². The van der Waals surface area contributed by atoms with Crippen molar-refractivity contribution in [2.45, 2.75) is 20.3 Å². The summed E-state index contributed by atoms with van der Waals surface area (Å²) in [5.74, 6) is -0.283. The molecule has 1 N–H and O–H groups in total. The molecule has 5 nitrogen and oxygen atoms in total. The van der Waals surface area contributed by atoms with Crippen LogP contribution in [-0.2, 0) is 6.42 Å². The van der Waals surface area contributed by atoms with Crippen LogP contribution >= 0.6 is 0 Å². The maximum Gasteiger partial charge on any atom is 0.277 e. The molecule has 1 aromatic carbocycles. The Labute approximate surface area is 122 Å². The first kappa shape index (κ1) is 13.3. The molecule has 2 aromatic heterocycles. The average Bonchev–Trinajstić information content (AvgIpc) is 3.01. The Morgan fingerprint density at radius 3 is 2.86 bits per heavy atom. The third-order valence-corrected chi connectivity index (χ3v) is 3.46. The van der Waals surface area contributed by atoms with Gasteiger partial charge < -0.3 is 9.73 Å². The number of pyridine rings is 1. The van der Waals surface area contributed by atoms with Gasteiger partial charge in [-0.3, -0.25) is 9.78 Å². The van der Waals surface area contributed by atoms with E-state index >= 15 is 0 Å². The number of nitrogens with zero attached hydrogens (tertiary/aromatic N) is 2. The van der Waals surface area contributed by atoms with Gasteiger partial charge in [0.2, 0.25) is 0 Å². The third-order valence-electron chi connectivity index (χ3n) is 3.46. The van der Waals surface area contributed by atoms with E-state index in [4.69, 9.17) is 4.42 Å². The van der Waals surface area contributed by atoms with E-state index in [0.29, 0.717) is 0 Å². The maximum atomic E-state index is 12.2. The average molecular weight is 281 g/mol. The van der Waals surface area contributed by atoms with E-state index in [9.17, 15) is 4.79 Å². The standard InChI is InChI=1S/C16H15N3O2/c1-3-11-10(2)18-13-7-5-4-6-12(13)15(11)19-16(20)14-8-21-9-17-14/h4-9H,3H2,1-2H3,(H,18,19,20). The van der Waals surface area contributed by atoms with Crippen LogP contribution in [0.4, 0.5) is 5.69 Å². The van der Waals surface area contributed by atoms with Gasteiger partial charge in [0, 0.05) is 11.1 Å². The molecule has 0 radical (unpaired) electrons. The number of aryl methyl sites for hydroxylation is 1. The van der Waals surface area contributed by atoms with Crippen LogP contribution in [0.2, 0.25) is 0 Å². The quantitative estimate of drug-likeness (QED) is 0.799. The van der Waals surface area contributed by atoms with Gasteiger partial charge in [0.15, 0.2) is 12.1 Å². The molecule has 1 amide bonds. The van der Waals surface area contributed by atoms with E-state index in [1.54, 1.807) is 0 Å².